The van der Waals surface area contributed by atoms with E-state index in [-0.39, 0.29) is 5.56 Å². The summed E-state index contributed by atoms with van der Waals surface area (Å²) < 4.78 is 40.6. The summed E-state index contributed by atoms with van der Waals surface area (Å²) in [7, 11) is 0. The minimum Gasteiger partial charge on any atom is -0.319 e. The van der Waals surface area contributed by atoms with Crippen molar-refractivity contribution in [1.82, 2.24) is 0 Å². The zero-order chi connectivity index (χ0) is 14.2. The Morgan fingerprint density at radius 3 is 2.42 bits per heavy atom. The molecule has 1 amide bonds. The number of halogens is 5. The van der Waals surface area contributed by atoms with Crippen molar-refractivity contribution in [2.24, 2.45) is 0 Å². The van der Waals surface area contributed by atoms with E-state index in [0.29, 0.717) is 19.7 Å². The molecule has 0 aliphatic rings. The van der Waals surface area contributed by atoms with Crippen molar-refractivity contribution >= 4 is 54.8 Å². The minimum atomic E-state index is -1.36. The van der Waals surface area contributed by atoms with Gasteiger partial charge in [-0.1, -0.05) is 0 Å². The minimum absolute atomic E-state index is 0.237. The van der Waals surface area contributed by atoms with Gasteiger partial charge < -0.3 is 5.32 Å². The Hall–Kier alpha value is -0.860. The number of benzene rings is 1. The highest BCUT2D eigenvalue weighted by Crippen LogP contribution is 2.32. The van der Waals surface area contributed by atoms with Crippen molar-refractivity contribution in [1.29, 1.82) is 0 Å². The van der Waals surface area contributed by atoms with E-state index in [4.69, 9.17) is 0 Å². The van der Waals surface area contributed by atoms with Crippen molar-refractivity contribution in [3.8, 4) is 0 Å². The fraction of sp³-hybridized carbons (Fsp3) is 0. The number of carbonyl (C=O) groups excluding carboxylic acids is 1. The summed E-state index contributed by atoms with van der Waals surface area (Å²) in [6.45, 7) is 0. The molecular weight excluding hydrogens is 411 g/mol. The molecule has 0 fully saturated rings. The Morgan fingerprint density at radius 2 is 1.84 bits per heavy atom. The number of carbonyl (C=O) groups is 1. The van der Waals surface area contributed by atoms with E-state index in [1.807, 2.05) is 0 Å². The third kappa shape index (κ3) is 3.18. The molecule has 0 saturated carbocycles. The molecule has 1 aromatic heterocycles. The second kappa shape index (κ2) is 5.64. The lowest BCUT2D eigenvalue weighted by molar-refractivity contribution is 0.102. The molecule has 19 heavy (non-hydrogen) atoms. The largest absolute Gasteiger partial charge is 0.319 e. The lowest BCUT2D eigenvalue weighted by Gasteiger charge is -2.06. The lowest BCUT2D eigenvalue weighted by atomic mass is 10.2. The van der Waals surface area contributed by atoms with E-state index in [1.165, 1.54) is 17.4 Å². The van der Waals surface area contributed by atoms with E-state index in [9.17, 15) is 18.0 Å². The van der Waals surface area contributed by atoms with Crippen molar-refractivity contribution in [3.05, 3.63) is 48.8 Å². The van der Waals surface area contributed by atoms with Gasteiger partial charge in [0.25, 0.3) is 5.91 Å². The van der Waals surface area contributed by atoms with Gasteiger partial charge in [-0.2, -0.15) is 0 Å². The summed E-state index contributed by atoms with van der Waals surface area (Å²) in [6, 6.07) is 2.63. The Balaban J connectivity index is 2.31. The average Bonchev–Trinajstić information content (AvgIpc) is 2.64. The molecule has 2 aromatic rings. The van der Waals surface area contributed by atoms with Gasteiger partial charge in [0.05, 0.1) is 18.8 Å². The zero-order valence-electron chi connectivity index (χ0n) is 8.94. The Bertz CT molecular complexity index is 660. The van der Waals surface area contributed by atoms with Crippen LogP contribution in [0.5, 0.6) is 0 Å². The first kappa shape index (κ1) is 14.5. The van der Waals surface area contributed by atoms with Gasteiger partial charge in [-0.25, -0.2) is 13.2 Å². The molecule has 0 spiro atoms. The van der Waals surface area contributed by atoms with Gasteiger partial charge in [0.2, 0.25) is 0 Å². The second-order valence-electron chi connectivity index (χ2n) is 3.44. The third-order valence-corrected chi connectivity index (χ3v) is 4.48. The molecule has 0 bridgehead atoms. The molecular formula is C11H4Br2F3NOS. The number of nitrogens with one attached hydrogen (secondary N) is 1. The molecule has 0 aliphatic carbocycles. The maximum Gasteiger partial charge on any atom is 0.257 e. The molecule has 0 aliphatic heterocycles. The highest BCUT2D eigenvalue weighted by atomic mass is 79.9. The molecule has 2 rings (SSSR count). The lowest BCUT2D eigenvalue weighted by Crippen LogP contribution is -2.13. The molecule has 0 unspecified atom stereocenters. The first-order valence-corrected chi connectivity index (χ1v) is 7.19. The maximum absolute atomic E-state index is 13.4. The summed E-state index contributed by atoms with van der Waals surface area (Å²) in [5.74, 6) is -4.31. The zero-order valence-corrected chi connectivity index (χ0v) is 12.9. The molecule has 1 N–H and O–H groups in total. The van der Waals surface area contributed by atoms with Crippen molar-refractivity contribution < 1.29 is 18.0 Å². The van der Waals surface area contributed by atoms with Gasteiger partial charge in [-0.05, 0) is 37.9 Å². The first-order valence-electron chi connectivity index (χ1n) is 4.79. The van der Waals surface area contributed by atoms with Gasteiger partial charge in [0.1, 0.15) is 5.82 Å². The molecule has 0 atom stereocenters. The van der Waals surface area contributed by atoms with E-state index in [1.54, 1.807) is 0 Å². The predicted molar refractivity (Wildman–Crippen MR) is 74.0 cm³/mol. The van der Waals surface area contributed by atoms with Crippen LogP contribution in [-0.4, -0.2) is 5.91 Å². The Kier molecular flexibility index (Phi) is 4.32. The highest BCUT2D eigenvalue weighted by molar-refractivity contribution is 9.12. The standard InChI is InChI=1S/C11H4Br2F3NOS/c12-8-3-5(10(13)19-8)11(18)17-7-2-4(14)1-6(15)9(7)16/h1-3H,(H,17,18). The van der Waals surface area contributed by atoms with E-state index in [2.05, 4.69) is 37.2 Å². The van der Waals surface area contributed by atoms with E-state index >= 15 is 0 Å². The van der Waals surface area contributed by atoms with Crippen LogP contribution >= 0.6 is 43.2 Å². The second-order valence-corrected chi connectivity index (χ2v) is 7.19. The summed E-state index contributed by atoms with van der Waals surface area (Å²) in [4.78, 5) is 11.9. The Morgan fingerprint density at radius 1 is 1.16 bits per heavy atom. The normalized spacial score (nSPS) is 10.6. The Labute approximate surface area is 126 Å². The SMILES string of the molecule is O=C(Nc1cc(F)cc(F)c1F)c1cc(Br)sc1Br. The molecule has 1 heterocycles. The number of amides is 1. The van der Waals surface area contributed by atoms with Crippen LogP contribution in [0.2, 0.25) is 0 Å². The first-order chi connectivity index (χ1) is 8.88. The number of rotatable bonds is 2. The van der Waals surface area contributed by atoms with Gasteiger partial charge in [-0.3, -0.25) is 4.79 Å². The molecule has 0 saturated heterocycles. The van der Waals surface area contributed by atoms with Crippen molar-refractivity contribution in [2.45, 2.75) is 0 Å². The van der Waals surface area contributed by atoms with E-state index < -0.39 is 29.0 Å². The maximum atomic E-state index is 13.4. The summed E-state index contributed by atoms with van der Waals surface area (Å²) in [6.07, 6.45) is 0. The summed E-state index contributed by atoms with van der Waals surface area (Å²) in [5.41, 5.74) is -0.308. The van der Waals surface area contributed by atoms with Crippen molar-refractivity contribution in [2.75, 3.05) is 5.32 Å². The van der Waals surface area contributed by atoms with Crippen LogP contribution in [0.15, 0.2) is 25.8 Å². The fourth-order valence-corrected chi connectivity index (χ4v) is 4.13. The van der Waals surface area contributed by atoms with E-state index in [0.717, 1.165) is 0 Å². The predicted octanol–water partition coefficient (Wildman–Crippen LogP) is 4.94. The molecule has 0 radical (unpaired) electrons. The van der Waals surface area contributed by atoms with Crippen LogP contribution in [0.3, 0.4) is 0 Å². The highest BCUT2D eigenvalue weighted by Gasteiger charge is 2.17. The third-order valence-electron chi connectivity index (χ3n) is 2.14. The quantitative estimate of drug-likeness (QED) is 0.692. The van der Waals surface area contributed by atoms with Crippen LogP contribution < -0.4 is 5.32 Å². The smallest absolute Gasteiger partial charge is 0.257 e. The van der Waals surface area contributed by atoms with Gasteiger partial charge in [0, 0.05) is 12.1 Å². The molecule has 100 valence electrons. The average molecular weight is 415 g/mol. The van der Waals surface area contributed by atoms with Gasteiger partial charge in [0.15, 0.2) is 11.6 Å². The van der Waals surface area contributed by atoms with Crippen LogP contribution in [0, 0.1) is 17.5 Å². The summed E-state index contributed by atoms with van der Waals surface area (Å²) >= 11 is 7.60. The van der Waals surface area contributed by atoms with Gasteiger partial charge in [-0.15, -0.1) is 11.3 Å². The number of hydrogen-bond acceptors (Lipinski definition) is 2. The van der Waals surface area contributed by atoms with Crippen LogP contribution in [0.4, 0.5) is 18.9 Å². The molecule has 2 nitrogen and oxygen atoms in total. The van der Waals surface area contributed by atoms with Gasteiger partial charge >= 0.3 is 0 Å². The van der Waals surface area contributed by atoms with Crippen LogP contribution in [-0.2, 0) is 0 Å². The molecule has 1 aromatic carbocycles. The summed E-state index contributed by atoms with van der Waals surface area (Å²) in [5, 5.41) is 2.12. The fourth-order valence-electron chi connectivity index (χ4n) is 1.33. The number of thiophene rings is 1. The van der Waals surface area contributed by atoms with Crippen LogP contribution in [0.1, 0.15) is 10.4 Å². The monoisotopic (exact) mass is 413 g/mol. The number of anilines is 1. The van der Waals surface area contributed by atoms with Crippen molar-refractivity contribution in [3.63, 3.8) is 0 Å². The number of hydrogen-bond donors (Lipinski definition) is 1. The molecule has 8 heteroatoms. The van der Waals surface area contributed by atoms with Crippen LogP contribution in [0.25, 0.3) is 0 Å². The topological polar surface area (TPSA) is 29.1 Å².